The second-order valence-electron chi connectivity index (χ2n) is 4.95. The summed E-state index contributed by atoms with van der Waals surface area (Å²) in [6, 6.07) is 1.31. The van der Waals surface area contributed by atoms with Crippen LogP contribution >= 0.6 is 0 Å². The molecule has 1 fully saturated rings. The molecule has 15 heavy (non-hydrogen) atoms. The van der Waals surface area contributed by atoms with E-state index < -0.39 is 0 Å². The van der Waals surface area contributed by atoms with Crippen LogP contribution in [-0.2, 0) is 0 Å². The van der Waals surface area contributed by atoms with Crippen LogP contribution in [0.25, 0.3) is 0 Å². The van der Waals surface area contributed by atoms with E-state index in [-0.39, 0.29) is 0 Å². The monoisotopic (exact) mass is 205 g/mol. The summed E-state index contributed by atoms with van der Waals surface area (Å²) in [4.78, 5) is 6.84. The van der Waals surface area contributed by atoms with Gasteiger partial charge in [0.1, 0.15) is 0 Å². The summed E-state index contributed by atoms with van der Waals surface area (Å²) in [7, 11) is 0. The minimum atomic E-state index is 0.599. The number of hydrogen-bond donors (Lipinski definition) is 1. The van der Waals surface area contributed by atoms with Gasteiger partial charge in [-0.3, -0.25) is 4.99 Å². The first-order valence-electron chi connectivity index (χ1n) is 6.09. The molecule has 3 nitrogen and oxygen atoms in total. The number of rotatable bonds is 2. The molecule has 0 aromatic carbocycles. The summed E-state index contributed by atoms with van der Waals surface area (Å²) in [6.07, 6.45) is 11.0. The summed E-state index contributed by atoms with van der Waals surface area (Å²) in [5, 5.41) is 0. The van der Waals surface area contributed by atoms with Crippen LogP contribution in [-0.4, -0.2) is 29.5 Å². The van der Waals surface area contributed by atoms with Crippen LogP contribution in [0.5, 0.6) is 0 Å². The van der Waals surface area contributed by atoms with Crippen molar-refractivity contribution in [1.29, 1.82) is 0 Å². The number of nitrogens with two attached hydrogens (primary N) is 1. The van der Waals surface area contributed by atoms with Gasteiger partial charge in [0.15, 0.2) is 5.96 Å². The Kier molecular flexibility index (Phi) is 2.19. The number of aliphatic imine (C=N–C) groups is 1. The smallest absolute Gasteiger partial charge is 0.191 e. The summed E-state index contributed by atoms with van der Waals surface area (Å²) in [5.74, 6) is 1.58. The number of guanidine groups is 1. The van der Waals surface area contributed by atoms with E-state index in [1.54, 1.807) is 0 Å². The SMILES string of the molecule is NC1=NCC(C2CC=CCC2)N1C1CC1. The number of allylic oxidation sites excluding steroid dienone is 2. The topological polar surface area (TPSA) is 41.6 Å². The van der Waals surface area contributed by atoms with E-state index in [1.807, 2.05) is 0 Å². The maximum Gasteiger partial charge on any atom is 0.191 e. The van der Waals surface area contributed by atoms with E-state index in [1.165, 1.54) is 32.1 Å². The lowest BCUT2D eigenvalue weighted by atomic mass is 9.87. The molecule has 0 bridgehead atoms. The molecule has 0 amide bonds. The zero-order valence-corrected chi connectivity index (χ0v) is 9.10. The van der Waals surface area contributed by atoms with Crippen LogP contribution in [0.3, 0.4) is 0 Å². The Labute approximate surface area is 91.0 Å². The van der Waals surface area contributed by atoms with Crippen LogP contribution in [0.2, 0.25) is 0 Å². The van der Waals surface area contributed by atoms with Gasteiger partial charge in [0.2, 0.25) is 0 Å². The Morgan fingerprint density at radius 2 is 2.13 bits per heavy atom. The van der Waals surface area contributed by atoms with Crippen LogP contribution in [0.1, 0.15) is 32.1 Å². The largest absolute Gasteiger partial charge is 0.370 e. The summed E-state index contributed by atoms with van der Waals surface area (Å²) in [6.45, 7) is 0.931. The number of nitrogens with zero attached hydrogens (tertiary/aromatic N) is 2. The first kappa shape index (κ1) is 9.25. The van der Waals surface area contributed by atoms with Gasteiger partial charge in [0.05, 0.1) is 12.6 Å². The molecule has 3 aliphatic rings. The van der Waals surface area contributed by atoms with Crippen molar-refractivity contribution in [1.82, 2.24) is 4.90 Å². The van der Waals surface area contributed by atoms with Crippen LogP contribution in [0, 0.1) is 5.92 Å². The molecular formula is C12H19N3. The maximum absolute atomic E-state index is 5.97. The predicted octanol–water partition coefficient (Wildman–Crippen LogP) is 1.50. The molecule has 2 unspecified atom stereocenters. The van der Waals surface area contributed by atoms with E-state index in [2.05, 4.69) is 22.0 Å². The Balaban J connectivity index is 1.72. The Bertz CT molecular complexity index is 304. The van der Waals surface area contributed by atoms with Crippen molar-refractivity contribution in [3.05, 3.63) is 12.2 Å². The normalized spacial score (nSPS) is 35.7. The fraction of sp³-hybridized carbons (Fsp3) is 0.750. The summed E-state index contributed by atoms with van der Waals surface area (Å²) in [5.41, 5.74) is 5.97. The molecule has 82 valence electrons. The van der Waals surface area contributed by atoms with E-state index in [4.69, 9.17) is 5.73 Å². The first-order chi connectivity index (χ1) is 7.36. The highest BCUT2D eigenvalue weighted by molar-refractivity contribution is 5.80. The van der Waals surface area contributed by atoms with Crippen molar-refractivity contribution in [2.45, 2.75) is 44.2 Å². The molecule has 0 spiro atoms. The van der Waals surface area contributed by atoms with Gasteiger partial charge in [-0.05, 0) is 38.0 Å². The van der Waals surface area contributed by atoms with Gasteiger partial charge >= 0.3 is 0 Å². The molecule has 1 aliphatic heterocycles. The van der Waals surface area contributed by atoms with Gasteiger partial charge < -0.3 is 10.6 Å². The van der Waals surface area contributed by atoms with Crippen LogP contribution in [0.4, 0.5) is 0 Å². The number of hydrogen-bond acceptors (Lipinski definition) is 3. The van der Waals surface area contributed by atoms with Crippen molar-refractivity contribution in [3.63, 3.8) is 0 Å². The Morgan fingerprint density at radius 3 is 2.80 bits per heavy atom. The van der Waals surface area contributed by atoms with Crippen LogP contribution < -0.4 is 5.73 Å². The molecule has 2 aliphatic carbocycles. The average molecular weight is 205 g/mol. The zero-order valence-electron chi connectivity index (χ0n) is 9.10. The second-order valence-corrected chi connectivity index (χ2v) is 4.95. The Morgan fingerprint density at radius 1 is 1.27 bits per heavy atom. The van der Waals surface area contributed by atoms with Gasteiger partial charge in [-0.2, -0.15) is 0 Å². The molecule has 0 aromatic heterocycles. The fourth-order valence-electron chi connectivity index (χ4n) is 2.88. The van der Waals surface area contributed by atoms with Gasteiger partial charge in [-0.1, -0.05) is 12.2 Å². The molecule has 3 heteroatoms. The quantitative estimate of drug-likeness (QED) is 0.694. The van der Waals surface area contributed by atoms with Crippen LogP contribution in [0.15, 0.2) is 17.1 Å². The maximum atomic E-state index is 5.97. The second kappa shape index (κ2) is 3.54. The van der Waals surface area contributed by atoms with Crippen molar-refractivity contribution in [3.8, 4) is 0 Å². The van der Waals surface area contributed by atoms with Gasteiger partial charge in [0, 0.05) is 6.04 Å². The lowest BCUT2D eigenvalue weighted by Gasteiger charge is -2.33. The highest BCUT2D eigenvalue weighted by Crippen LogP contribution is 2.35. The van der Waals surface area contributed by atoms with Crippen molar-refractivity contribution < 1.29 is 0 Å². The third-order valence-corrected chi connectivity index (χ3v) is 3.86. The first-order valence-corrected chi connectivity index (χ1v) is 6.09. The molecule has 0 radical (unpaired) electrons. The minimum absolute atomic E-state index is 0.599. The van der Waals surface area contributed by atoms with Crippen molar-refractivity contribution in [2.75, 3.05) is 6.54 Å². The highest BCUT2D eigenvalue weighted by atomic mass is 15.4. The summed E-state index contributed by atoms with van der Waals surface area (Å²) < 4.78 is 0. The molecule has 0 saturated heterocycles. The molecule has 0 aromatic rings. The van der Waals surface area contributed by atoms with E-state index in [0.717, 1.165) is 18.4 Å². The summed E-state index contributed by atoms with van der Waals surface area (Å²) >= 11 is 0. The Hall–Kier alpha value is -0.990. The molecule has 1 saturated carbocycles. The molecular weight excluding hydrogens is 186 g/mol. The minimum Gasteiger partial charge on any atom is -0.370 e. The van der Waals surface area contributed by atoms with Gasteiger partial charge in [-0.15, -0.1) is 0 Å². The van der Waals surface area contributed by atoms with Gasteiger partial charge in [0.25, 0.3) is 0 Å². The van der Waals surface area contributed by atoms with E-state index in [9.17, 15) is 0 Å². The van der Waals surface area contributed by atoms with E-state index in [0.29, 0.717) is 12.1 Å². The molecule has 3 rings (SSSR count). The van der Waals surface area contributed by atoms with E-state index >= 15 is 0 Å². The lowest BCUT2D eigenvalue weighted by molar-refractivity contribution is 0.229. The standard InChI is InChI=1S/C12H19N3/c13-12-14-8-11(15(12)10-6-7-10)9-4-2-1-3-5-9/h1-2,9-11H,3-8H2,(H2,13,14). The van der Waals surface area contributed by atoms with Gasteiger partial charge in [-0.25, -0.2) is 0 Å². The molecule has 2 atom stereocenters. The van der Waals surface area contributed by atoms with Crippen molar-refractivity contribution in [2.24, 2.45) is 16.6 Å². The van der Waals surface area contributed by atoms with Crippen molar-refractivity contribution >= 4 is 5.96 Å². The zero-order chi connectivity index (χ0) is 10.3. The molecule has 2 N–H and O–H groups in total. The average Bonchev–Trinajstić information content (AvgIpc) is 3.03. The third kappa shape index (κ3) is 1.64. The fourth-order valence-corrected chi connectivity index (χ4v) is 2.88. The lowest BCUT2D eigenvalue weighted by Crippen LogP contribution is -2.46. The third-order valence-electron chi connectivity index (χ3n) is 3.86. The highest BCUT2D eigenvalue weighted by Gasteiger charge is 2.41. The molecule has 1 heterocycles. The predicted molar refractivity (Wildman–Crippen MR) is 61.6 cm³/mol.